The van der Waals surface area contributed by atoms with Crippen LogP contribution in [-0.4, -0.2) is 22.7 Å². The summed E-state index contributed by atoms with van der Waals surface area (Å²) in [4.78, 5) is 12.2. The normalized spacial score (nSPS) is 18.1. The number of nitrogens with zero attached hydrogens (tertiary/aromatic N) is 1. The van der Waals surface area contributed by atoms with E-state index in [1.165, 1.54) is 19.3 Å². The Bertz CT molecular complexity index is 413. The number of carbonyl (C=O) groups excluding carboxylic acids is 1. The summed E-state index contributed by atoms with van der Waals surface area (Å²) < 4.78 is 1.98. The van der Waals surface area contributed by atoms with Crippen molar-refractivity contribution in [2.45, 2.75) is 65.0 Å². The molecule has 106 valence electrons. The highest BCUT2D eigenvalue weighted by atomic mass is 16.2. The summed E-state index contributed by atoms with van der Waals surface area (Å²) >= 11 is 0. The smallest absolute Gasteiger partial charge is 0.244 e. The zero-order chi connectivity index (χ0) is 13.8. The van der Waals surface area contributed by atoms with Crippen molar-refractivity contribution in [3.8, 4) is 0 Å². The number of nitrogens with one attached hydrogen (secondary N) is 2. The van der Waals surface area contributed by atoms with Crippen LogP contribution < -0.4 is 10.7 Å². The molecule has 0 aliphatic heterocycles. The number of amides is 1. The highest BCUT2D eigenvalue weighted by Gasteiger charge is 2.19. The van der Waals surface area contributed by atoms with Crippen molar-refractivity contribution in [2.24, 2.45) is 0 Å². The summed E-state index contributed by atoms with van der Waals surface area (Å²) in [6.45, 7) is 5.98. The molecule has 1 aliphatic carbocycles. The Balaban J connectivity index is 1.88. The summed E-state index contributed by atoms with van der Waals surface area (Å²) in [6, 6.07) is 4.26. The molecule has 0 radical (unpaired) electrons. The maximum absolute atomic E-state index is 12.2. The van der Waals surface area contributed by atoms with Crippen molar-refractivity contribution in [3.05, 3.63) is 23.5 Å². The monoisotopic (exact) mass is 263 g/mol. The molecule has 4 nitrogen and oxygen atoms in total. The average Bonchev–Trinajstić information content (AvgIpc) is 2.71. The lowest BCUT2D eigenvalue weighted by Gasteiger charge is -2.25. The predicted molar refractivity (Wildman–Crippen MR) is 77.7 cm³/mol. The van der Waals surface area contributed by atoms with Crippen molar-refractivity contribution in [2.75, 3.05) is 5.43 Å². The van der Waals surface area contributed by atoms with E-state index in [4.69, 9.17) is 0 Å². The Morgan fingerprint density at radius 3 is 2.37 bits per heavy atom. The minimum atomic E-state index is -0.216. The van der Waals surface area contributed by atoms with Gasteiger partial charge < -0.3 is 10.7 Å². The fourth-order valence-electron chi connectivity index (χ4n) is 2.70. The van der Waals surface area contributed by atoms with Gasteiger partial charge in [0.05, 0.1) is 0 Å². The van der Waals surface area contributed by atoms with Crippen molar-refractivity contribution in [1.82, 2.24) is 9.99 Å². The third-order valence-corrected chi connectivity index (χ3v) is 3.94. The van der Waals surface area contributed by atoms with Crippen LogP contribution in [0.5, 0.6) is 0 Å². The molecule has 1 aromatic heterocycles. The van der Waals surface area contributed by atoms with Gasteiger partial charge in [0.1, 0.15) is 6.04 Å². The molecular weight excluding hydrogens is 238 g/mol. The topological polar surface area (TPSA) is 46.1 Å². The molecular formula is C15H25N3O. The first kappa shape index (κ1) is 14.0. The van der Waals surface area contributed by atoms with Gasteiger partial charge >= 0.3 is 0 Å². The summed E-state index contributed by atoms with van der Waals surface area (Å²) in [5.74, 6) is 0.0967. The molecule has 1 unspecified atom stereocenters. The van der Waals surface area contributed by atoms with E-state index in [-0.39, 0.29) is 11.9 Å². The van der Waals surface area contributed by atoms with E-state index in [2.05, 4.69) is 10.7 Å². The maximum atomic E-state index is 12.2. The van der Waals surface area contributed by atoms with E-state index >= 15 is 0 Å². The molecule has 1 aliphatic rings. The predicted octanol–water partition coefficient (Wildman–Crippen LogP) is 2.49. The van der Waals surface area contributed by atoms with Gasteiger partial charge in [0.25, 0.3) is 0 Å². The lowest BCUT2D eigenvalue weighted by Crippen LogP contribution is -2.46. The Labute approximate surface area is 115 Å². The van der Waals surface area contributed by atoms with Crippen LogP contribution in [0.4, 0.5) is 0 Å². The number of hydrogen-bond acceptors (Lipinski definition) is 2. The first-order valence-corrected chi connectivity index (χ1v) is 7.30. The third kappa shape index (κ3) is 3.52. The maximum Gasteiger partial charge on any atom is 0.244 e. The number of carbonyl (C=O) groups is 1. The molecule has 0 bridgehead atoms. The van der Waals surface area contributed by atoms with Crippen LogP contribution >= 0.6 is 0 Å². The third-order valence-electron chi connectivity index (χ3n) is 3.94. The number of rotatable bonds is 4. The summed E-state index contributed by atoms with van der Waals surface area (Å²) in [5, 5.41) is 3.16. The summed E-state index contributed by atoms with van der Waals surface area (Å²) in [6.07, 6.45) is 6.03. The lowest BCUT2D eigenvalue weighted by molar-refractivity contribution is -0.122. The van der Waals surface area contributed by atoms with Crippen LogP contribution in [0, 0.1) is 13.8 Å². The van der Waals surface area contributed by atoms with Crippen LogP contribution in [0.25, 0.3) is 0 Å². The second-order valence-electron chi connectivity index (χ2n) is 5.65. The van der Waals surface area contributed by atoms with Gasteiger partial charge in [-0.15, -0.1) is 0 Å². The molecule has 1 fully saturated rings. The van der Waals surface area contributed by atoms with Gasteiger partial charge in [0.15, 0.2) is 0 Å². The van der Waals surface area contributed by atoms with Gasteiger partial charge in [-0.05, 0) is 45.7 Å². The van der Waals surface area contributed by atoms with Crippen molar-refractivity contribution >= 4 is 5.91 Å². The van der Waals surface area contributed by atoms with Gasteiger partial charge in [-0.2, -0.15) is 0 Å². The van der Waals surface area contributed by atoms with Gasteiger partial charge in [-0.1, -0.05) is 19.3 Å². The Kier molecular flexibility index (Phi) is 4.51. The zero-order valence-corrected chi connectivity index (χ0v) is 12.2. The van der Waals surface area contributed by atoms with E-state index in [0.717, 1.165) is 24.2 Å². The standard InChI is InChI=1S/C15H25N3O/c1-11-9-10-12(2)18(11)17-13(3)15(19)16-14-7-5-4-6-8-14/h9-10,13-14,17H,4-8H2,1-3H3,(H,16,19). The SMILES string of the molecule is Cc1ccc(C)n1NC(C)C(=O)NC1CCCCC1. The molecule has 0 saturated heterocycles. The zero-order valence-electron chi connectivity index (χ0n) is 12.2. The van der Waals surface area contributed by atoms with Gasteiger partial charge in [-0.25, -0.2) is 0 Å². The molecule has 4 heteroatoms. The first-order chi connectivity index (χ1) is 9.08. The van der Waals surface area contributed by atoms with Crippen LogP contribution in [0.2, 0.25) is 0 Å². The molecule has 1 atom stereocenters. The van der Waals surface area contributed by atoms with E-state index < -0.39 is 0 Å². The number of hydrogen-bond donors (Lipinski definition) is 2. The minimum absolute atomic E-state index is 0.0967. The fourth-order valence-corrected chi connectivity index (χ4v) is 2.70. The second kappa shape index (κ2) is 6.13. The van der Waals surface area contributed by atoms with Crippen LogP contribution in [0.3, 0.4) is 0 Å². The molecule has 1 amide bonds. The van der Waals surface area contributed by atoms with E-state index in [1.54, 1.807) is 0 Å². The molecule has 0 aromatic carbocycles. The highest BCUT2D eigenvalue weighted by Crippen LogP contribution is 2.17. The molecule has 2 N–H and O–H groups in total. The van der Waals surface area contributed by atoms with Gasteiger partial charge in [-0.3, -0.25) is 9.47 Å². The van der Waals surface area contributed by atoms with Gasteiger partial charge in [0, 0.05) is 17.4 Å². The minimum Gasteiger partial charge on any atom is -0.352 e. The van der Waals surface area contributed by atoms with Crippen LogP contribution in [0.15, 0.2) is 12.1 Å². The van der Waals surface area contributed by atoms with E-state index in [9.17, 15) is 4.79 Å². The van der Waals surface area contributed by atoms with Crippen molar-refractivity contribution in [3.63, 3.8) is 0 Å². The van der Waals surface area contributed by atoms with Gasteiger partial charge in [0.2, 0.25) is 5.91 Å². The molecule has 0 spiro atoms. The van der Waals surface area contributed by atoms with E-state index in [0.29, 0.717) is 6.04 Å². The highest BCUT2D eigenvalue weighted by molar-refractivity contribution is 5.82. The average molecular weight is 263 g/mol. The molecule has 1 saturated carbocycles. The molecule has 1 aromatic rings. The second-order valence-corrected chi connectivity index (χ2v) is 5.65. The number of aromatic nitrogens is 1. The summed E-state index contributed by atoms with van der Waals surface area (Å²) in [5.41, 5.74) is 5.49. The Hall–Kier alpha value is -1.45. The molecule has 19 heavy (non-hydrogen) atoms. The van der Waals surface area contributed by atoms with Crippen LogP contribution in [0.1, 0.15) is 50.4 Å². The van der Waals surface area contributed by atoms with Crippen LogP contribution in [-0.2, 0) is 4.79 Å². The number of aryl methyl sites for hydroxylation is 2. The quantitative estimate of drug-likeness (QED) is 0.876. The Morgan fingerprint density at radius 1 is 1.21 bits per heavy atom. The first-order valence-electron chi connectivity index (χ1n) is 7.30. The molecule has 1 heterocycles. The largest absolute Gasteiger partial charge is 0.352 e. The Morgan fingerprint density at radius 2 is 1.79 bits per heavy atom. The van der Waals surface area contributed by atoms with E-state index in [1.807, 2.05) is 37.6 Å². The summed E-state index contributed by atoms with van der Waals surface area (Å²) in [7, 11) is 0. The molecule has 2 rings (SSSR count). The van der Waals surface area contributed by atoms with Crippen molar-refractivity contribution < 1.29 is 4.79 Å². The fraction of sp³-hybridized carbons (Fsp3) is 0.667. The lowest BCUT2D eigenvalue weighted by atomic mass is 9.95. The van der Waals surface area contributed by atoms with Crippen molar-refractivity contribution in [1.29, 1.82) is 0 Å².